The minimum absolute atomic E-state index is 0.0285. The summed E-state index contributed by atoms with van der Waals surface area (Å²) >= 11 is 0. The first-order chi connectivity index (χ1) is 13.2. The molecular weight excluding hydrogens is 348 g/mol. The van der Waals surface area contributed by atoms with Crippen molar-refractivity contribution in [2.75, 3.05) is 20.2 Å². The first kappa shape index (κ1) is 19.2. The molecule has 0 amide bonds. The lowest BCUT2D eigenvalue weighted by Crippen LogP contribution is -2.24. The third-order valence-electron chi connectivity index (χ3n) is 4.87. The Hall–Kier alpha value is -2.61. The maximum atomic E-state index is 11.1. The topological polar surface area (TPSA) is 109 Å². The third-order valence-corrected chi connectivity index (χ3v) is 4.87. The summed E-state index contributed by atoms with van der Waals surface area (Å²) in [5, 5.41) is 21.8. The fraction of sp³-hybridized carbons (Fsp3) is 0.526. The highest BCUT2D eigenvalue weighted by Gasteiger charge is 2.26. The number of nitrogens with zero attached hydrogens (tertiary/aromatic N) is 2. The zero-order valence-corrected chi connectivity index (χ0v) is 15.5. The average Bonchev–Trinajstić information content (AvgIpc) is 3.15. The number of carboxylic acids is 1. The van der Waals surface area contributed by atoms with E-state index < -0.39 is 5.97 Å². The molecule has 0 spiro atoms. The first-order valence-electron chi connectivity index (χ1n) is 9.35. The third kappa shape index (κ3) is 5.19. The zero-order chi connectivity index (χ0) is 19.1. The van der Waals surface area contributed by atoms with Crippen LogP contribution in [0.2, 0.25) is 0 Å². The van der Waals surface area contributed by atoms with Crippen LogP contribution < -0.4 is 14.8 Å². The van der Waals surface area contributed by atoms with Gasteiger partial charge in [-0.1, -0.05) is 22.4 Å². The van der Waals surface area contributed by atoms with Gasteiger partial charge in [-0.3, -0.25) is 0 Å². The Labute approximate surface area is 158 Å². The number of H-pyrrole nitrogens is 1. The molecule has 0 atom stereocenters. The van der Waals surface area contributed by atoms with Crippen LogP contribution in [0.25, 0.3) is 0 Å². The highest BCUT2D eigenvalue weighted by Crippen LogP contribution is 2.35. The molecule has 0 unspecified atom stereocenters. The molecule has 1 aliphatic rings. The van der Waals surface area contributed by atoms with Crippen molar-refractivity contribution in [3.63, 3.8) is 0 Å². The summed E-state index contributed by atoms with van der Waals surface area (Å²) in [5.41, 5.74) is 1.21. The molecule has 0 radical (unpaired) electrons. The highest BCUT2D eigenvalue weighted by molar-refractivity contribution is 5.87. The van der Waals surface area contributed by atoms with Crippen molar-refractivity contribution < 1.29 is 19.4 Å². The van der Waals surface area contributed by atoms with Crippen LogP contribution in [-0.2, 0) is 0 Å². The second-order valence-electron chi connectivity index (χ2n) is 6.76. The molecule has 3 N–H and O–H groups in total. The van der Waals surface area contributed by atoms with Gasteiger partial charge in [0.15, 0.2) is 0 Å². The van der Waals surface area contributed by atoms with Crippen molar-refractivity contribution >= 4 is 5.97 Å². The number of hydrogen-bond acceptors (Lipinski definition) is 6. The van der Waals surface area contributed by atoms with Crippen LogP contribution in [0.3, 0.4) is 0 Å². The SMILES string of the molecule is CNCCCOc1ccc(C2CCC(Oc3nn[nH]c3C(=O)O)CC2)cc1. The predicted molar refractivity (Wildman–Crippen MR) is 99.4 cm³/mol. The lowest BCUT2D eigenvalue weighted by Gasteiger charge is -2.28. The van der Waals surface area contributed by atoms with Crippen LogP contribution in [0.5, 0.6) is 11.6 Å². The van der Waals surface area contributed by atoms with E-state index in [2.05, 4.69) is 32.9 Å². The number of nitrogens with one attached hydrogen (secondary N) is 2. The first-order valence-corrected chi connectivity index (χ1v) is 9.35. The Morgan fingerprint density at radius 3 is 2.67 bits per heavy atom. The standard InChI is InChI=1S/C19H26N4O4/c1-20-11-2-12-26-15-7-3-13(4-8-15)14-5-9-16(10-6-14)27-18-17(19(24)25)21-23-22-18/h3-4,7-8,14,16,20H,2,5-6,9-12H2,1H3,(H,24,25)(H,21,22,23). The van der Waals surface area contributed by atoms with Crippen LogP contribution in [0, 0.1) is 0 Å². The van der Waals surface area contributed by atoms with Crippen molar-refractivity contribution in [3.8, 4) is 11.6 Å². The van der Waals surface area contributed by atoms with E-state index in [9.17, 15) is 4.79 Å². The van der Waals surface area contributed by atoms with Gasteiger partial charge in [0.05, 0.1) is 6.61 Å². The molecular formula is C19H26N4O4. The molecule has 27 heavy (non-hydrogen) atoms. The molecule has 0 bridgehead atoms. The number of carboxylic acid groups (broad SMARTS) is 1. The van der Waals surface area contributed by atoms with Gasteiger partial charge in [0.1, 0.15) is 11.9 Å². The Morgan fingerprint density at radius 2 is 2.00 bits per heavy atom. The van der Waals surface area contributed by atoms with Gasteiger partial charge in [0, 0.05) is 0 Å². The molecule has 0 aliphatic heterocycles. The van der Waals surface area contributed by atoms with E-state index in [-0.39, 0.29) is 17.7 Å². The predicted octanol–water partition coefficient (Wildman–Crippen LogP) is 2.60. The van der Waals surface area contributed by atoms with Gasteiger partial charge in [-0.2, -0.15) is 0 Å². The summed E-state index contributed by atoms with van der Waals surface area (Å²) in [4.78, 5) is 11.1. The molecule has 3 rings (SSSR count). The quantitative estimate of drug-likeness (QED) is 0.579. The van der Waals surface area contributed by atoms with E-state index in [4.69, 9.17) is 14.6 Å². The zero-order valence-electron chi connectivity index (χ0n) is 15.5. The number of benzene rings is 1. The molecule has 1 fully saturated rings. The lowest BCUT2D eigenvalue weighted by atomic mass is 9.83. The van der Waals surface area contributed by atoms with Crippen molar-refractivity contribution in [1.82, 2.24) is 20.7 Å². The second-order valence-corrected chi connectivity index (χ2v) is 6.76. The van der Waals surface area contributed by atoms with E-state index in [1.165, 1.54) is 5.56 Å². The summed E-state index contributed by atoms with van der Waals surface area (Å²) in [5.74, 6) is 0.348. The lowest BCUT2D eigenvalue weighted by molar-refractivity contribution is 0.0678. The second kappa shape index (κ2) is 9.36. The molecule has 2 aromatic rings. The fourth-order valence-corrected chi connectivity index (χ4v) is 3.39. The fourth-order valence-electron chi connectivity index (χ4n) is 3.39. The summed E-state index contributed by atoms with van der Waals surface area (Å²) in [6.07, 6.45) is 4.66. The van der Waals surface area contributed by atoms with E-state index in [1.54, 1.807) is 0 Å². The van der Waals surface area contributed by atoms with Crippen molar-refractivity contribution in [2.45, 2.75) is 44.1 Å². The van der Waals surface area contributed by atoms with E-state index in [0.29, 0.717) is 12.5 Å². The van der Waals surface area contributed by atoms with Crippen molar-refractivity contribution in [2.24, 2.45) is 0 Å². The maximum Gasteiger partial charge on any atom is 0.359 e. The molecule has 1 aromatic carbocycles. The normalized spacial score (nSPS) is 19.6. The van der Waals surface area contributed by atoms with Crippen LogP contribution in [-0.4, -0.2) is 52.8 Å². The molecule has 8 nitrogen and oxygen atoms in total. The maximum absolute atomic E-state index is 11.1. The Morgan fingerprint density at radius 1 is 1.26 bits per heavy atom. The summed E-state index contributed by atoms with van der Waals surface area (Å²) in [6.45, 7) is 1.66. The van der Waals surface area contributed by atoms with E-state index in [1.807, 2.05) is 19.2 Å². The van der Waals surface area contributed by atoms with Gasteiger partial charge >= 0.3 is 5.97 Å². The van der Waals surface area contributed by atoms with Gasteiger partial charge in [-0.15, -0.1) is 0 Å². The van der Waals surface area contributed by atoms with Gasteiger partial charge < -0.3 is 19.9 Å². The van der Waals surface area contributed by atoms with Crippen molar-refractivity contribution in [3.05, 3.63) is 35.5 Å². The minimum atomic E-state index is -1.11. The van der Waals surface area contributed by atoms with Crippen LogP contribution >= 0.6 is 0 Å². The monoisotopic (exact) mass is 374 g/mol. The van der Waals surface area contributed by atoms with E-state index >= 15 is 0 Å². The summed E-state index contributed by atoms with van der Waals surface area (Å²) in [6, 6.07) is 8.34. The summed E-state index contributed by atoms with van der Waals surface area (Å²) < 4.78 is 11.5. The Bertz CT molecular complexity index is 724. The van der Waals surface area contributed by atoms with Crippen molar-refractivity contribution in [1.29, 1.82) is 0 Å². The molecule has 1 saturated carbocycles. The number of rotatable bonds is 9. The Kier molecular flexibility index (Phi) is 6.64. The van der Waals surface area contributed by atoms with Gasteiger partial charge in [0.2, 0.25) is 5.69 Å². The number of hydrogen-bond donors (Lipinski definition) is 3. The van der Waals surface area contributed by atoms with Crippen LogP contribution in [0.1, 0.15) is 54.1 Å². The smallest absolute Gasteiger partial charge is 0.359 e. The largest absolute Gasteiger partial charge is 0.494 e. The molecule has 1 heterocycles. The van der Waals surface area contributed by atoms with Gasteiger partial charge in [-0.05, 0) is 69.3 Å². The van der Waals surface area contributed by atoms with Gasteiger partial charge in [0.25, 0.3) is 5.88 Å². The van der Waals surface area contributed by atoms with E-state index in [0.717, 1.165) is 44.4 Å². The molecule has 8 heteroatoms. The molecule has 0 saturated heterocycles. The minimum Gasteiger partial charge on any atom is -0.494 e. The number of ether oxygens (including phenoxy) is 2. The number of carbonyl (C=O) groups is 1. The van der Waals surface area contributed by atoms with Crippen LogP contribution in [0.4, 0.5) is 0 Å². The highest BCUT2D eigenvalue weighted by atomic mass is 16.5. The van der Waals surface area contributed by atoms with Crippen LogP contribution in [0.15, 0.2) is 24.3 Å². The summed E-state index contributed by atoms with van der Waals surface area (Å²) in [7, 11) is 1.94. The Balaban J connectivity index is 1.47. The average molecular weight is 374 g/mol. The van der Waals surface area contributed by atoms with Gasteiger partial charge in [-0.25, -0.2) is 9.89 Å². The molecule has 1 aromatic heterocycles. The number of aromatic carboxylic acids is 1. The molecule has 146 valence electrons. The number of aromatic nitrogens is 3. The molecule has 1 aliphatic carbocycles. The number of aromatic amines is 1.